The molecule has 2 nitrogen and oxygen atoms in total. The second kappa shape index (κ2) is 7.08. The van der Waals surface area contributed by atoms with Crippen LogP contribution in [-0.2, 0) is 0 Å². The molecule has 0 saturated carbocycles. The molecule has 1 rings (SSSR count). The van der Waals surface area contributed by atoms with E-state index in [0.717, 1.165) is 24.4 Å². The molecule has 4 unspecified atom stereocenters. The summed E-state index contributed by atoms with van der Waals surface area (Å²) in [7, 11) is 0. The molecule has 114 valence electrons. The van der Waals surface area contributed by atoms with Crippen molar-refractivity contribution in [2.75, 3.05) is 19.6 Å². The van der Waals surface area contributed by atoms with Crippen LogP contribution in [0.5, 0.6) is 0 Å². The third kappa shape index (κ3) is 5.07. The highest BCUT2D eigenvalue weighted by Crippen LogP contribution is 2.28. The van der Waals surface area contributed by atoms with E-state index in [-0.39, 0.29) is 0 Å². The number of hydrogen-bond donors (Lipinski definition) is 1. The molecular formula is C17H36N2. The summed E-state index contributed by atoms with van der Waals surface area (Å²) in [6, 6.07) is 1.37. The maximum Gasteiger partial charge on any atom is 0.0128 e. The van der Waals surface area contributed by atoms with Gasteiger partial charge in [0.2, 0.25) is 0 Å². The zero-order valence-corrected chi connectivity index (χ0v) is 14.3. The second-order valence-electron chi connectivity index (χ2n) is 7.82. The third-order valence-electron chi connectivity index (χ3n) is 4.92. The van der Waals surface area contributed by atoms with Crippen molar-refractivity contribution < 1.29 is 0 Å². The number of hydrogen-bond acceptors (Lipinski definition) is 2. The van der Waals surface area contributed by atoms with Crippen LogP contribution in [0.1, 0.15) is 61.3 Å². The Bertz CT molecular complexity index is 256. The molecule has 0 radical (unpaired) electrons. The van der Waals surface area contributed by atoms with Gasteiger partial charge in [0.25, 0.3) is 0 Å². The Morgan fingerprint density at radius 2 is 1.84 bits per heavy atom. The molecule has 1 heterocycles. The van der Waals surface area contributed by atoms with Gasteiger partial charge in [-0.3, -0.25) is 0 Å². The van der Waals surface area contributed by atoms with Gasteiger partial charge in [0.1, 0.15) is 0 Å². The number of nitrogens with zero attached hydrogens (tertiary/aromatic N) is 1. The summed E-state index contributed by atoms with van der Waals surface area (Å²) in [4.78, 5) is 2.72. The van der Waals surface area contributed by atoms with Gasteiger partial charge in [-0.25, -0.2) is 0 Å². The minimum absolute atomic E-state index is 0.353. The second-order valence-corrected chi connectivity index (χ2v) is 7.82. The fourth-order valence-electron chi connectivity index (χ4n) is 3.51. The molecule has 0 aromatic rings. The molecule has 1 fully saturated rings. The normalized spacial score (nSPS) is 31.4. The summed E-state index contributed by atoms with van der Waals surface area (Å²) in [6.45, 7) is 20.1. The molecule has 0 bridgehead atoms. The molecular weight excluding hydrogens is 232 g/mol. The predicted molar refractivity (Wildman–Crippen MR) is 85.5 cm³/mol. The topological polar surface area (TPSA) is 15.3 Å². The number of nitrogens with one attached hydrogen (secondary N) is 1. The van der Waals surface area contributed by atoms with Gasteiger partial charge in [0, 0.05) is 18.6 Å². The fourth-order valence-corrected chi connectivity index (χ4v) is 3.51. The predicted octanol–water partition coefficient (Wildman–Crippen LogP) is 3.77. The van der Waals surface area contributed by atoms with Crippen LogP contribution in [0.4, 0.5) is 0 Å². The van der Waals surface area contributed by atoms with E-state index in [0.29, 0.717) is 11.5 Å². The van der Waals surface area contributed by atoms with Crippen LogP contribution in [0.2, 0.25) is 0 Å². The standard InChI is InChI=1S/C17H36N2/c1-8-18-16(17(5,6)7)9-10-19-12-13(2)11-14(3)15(19)4/h13-16,18H,8-12H2,1-7H3. The molecule has 0 aliphatic carbocycles. The van der Waals surface area contributed by atoms with Crippen LogP contribution < -0.4 is 5.32 Å². The van der Waals surface area contributed by atoms with E-state index in [1.165, 1.54) is 25.9 Å². The average molecular weight is 268 g/mol. The lowest BCUT2D eigenvalue weighted by molar-refractivity contribution is 0.0705. The zero-order valence-electron chi connectivity index (χ0n) is 14.3. The lowest BCUT2D eigenvalue weighted by Gasteiger charge is -2.42. The highest BCUT2D eigenvalue weighted by molar-refractivity contribution is 4.85. The SMILES string of the molecule is CCNC(CCN1CC(C)CC(C)C1C)C(C)(C)C. The van der Waals surface area contributed by atoms with E-state index >= 15 is 0 Å². The molecule has 19 heavy (non-hydrogen) atoms. The maximum absolute atomic E-state index is 3.67. The first-order valence-corrected chi connectivity index (χ1v) is 8.23. The molecule has 0 aromatic carbocycles. The van der Waals surface area contributed by atoms with Gasteiger partial charge in [0.05, 0.1) is 0 Å². The highest BCUT2D eigenvalue weighted by Gasteiger charge is 2.30. The van der Waals surface area contributed by atoms with Crippen molar-refractivity contribution in [2.45, 2.75) is 73.4 Å². The smallest absolute Gasteiger partial charge is 0.0128 e. The number of rotatable bonds is 5. The van der Waals surface area contributed by atoms with Crippen LogP contribution in [0, 0.1) is 17.3 Å². The molecule has 0 aromatic heterocycles. The summed E-state index contributed by atoms with van der Waals surface area (Å²) in [5, 5.41) is 3.67. The van der Waals surface area contributed by atoms with Crippen molar-refractivity contribution in [1.82, 2.24) is 10.2 Å². The van der Waals surface area contributed by atoms with E-state index in [1.807, 2.05) is 0 Å². The van der Waals surface area contributed by atoms with E-state index in [9.17, 15) is 0 Å². The lowest BCUT2D eigenvalue weighted by atomic mass is 9.83. The van der Waals surface area contributed by atoms with Crippen LogP contribution in [0.25, 0.3) is 0 Å². The van der Waals surface area contributed by atoms with Gasteiger partial charge < -0.3 is 10.2 Å². The highest BCUT2D eigenvalue weighted by atomic mass is 15.2. The van der Waals surface area contributed by atoms with Gasteiger partial charge >= 0.3 is 0 Å². The monoisotopic (exact) mass is 268 g/mol. The Morgan fingerprint density at radius 1 is 1.21 bits per heavy atom. The van der Waals surface area contributed by atoms with E-state index in [2.05, 4.69) is 58.7 Å². The number of piperidine rings is 1. The van der Waals surface area contributed by atoms with Gasteiger partial charge in [-0.2, -0.15) is 0 Å². The summed E-state index contributed by atoms with van der Waals surface area (Å²) in [6.07, 6.45) is 2.66. The molecule has 1 N–H and O–H groups in total. The van der Waals surface area contributed by atoms with Gasteiger partial charge in [-0.1, -0.05) is 41.5 Å². The van der Waals surface area contributed by atoms with Crippen LogP contribution in [-0.4, -0.2) is 36.6 Å². The van der Waals surface area contributed by atoms with Crippen molar-refractivity contribution in [3.8, 4) is 0 Å². The molecule has 0 spiro atoms. The van der Waals surface area contributed by atoms with Gasteiger partial charge in [-0.15, -0.1) is 0 Å². The van der Waals surface area contributed by atoms with Gasteiger partial charge in [0.15, 0.2) is 0 Å². The molecule has 1 aliphatic rings. The summed E-state index contributed by atoms with van der Waals surface area (Å²) in [5.74, 6) is 1.70. The molecule has 0 amide bonds. The Morgan fingerprint density at radius 3 is 2.37 bits per heavy atom. The van der Waals surface area contributed by atoms with Crippen molar-refractivity contribution in [3.05, 3.63) is 0 Å². The van der Waals surface area contributed by atoms with Crippen molar-refractivity contribution >= 4 is 0 Å². The Kier molecular flexibility index (Phi) is 6.32. The first-order chi connectivity index (χ1) is 8.75. The fraction of sp³-hybridized carbons (Fsp3) is 1.00. The minimum atomic E-state index is 0.353. The Hall–Kier alpha value is -0.0800. The van der Waals surface area contributed by atoms with Gasteiger partial charge in [-0.05, 0) is 50.1 Å². The van der Waals surface area contributed by atoms with E-state index in [4.69, 9.17) is 0 Å². The van der Waals surface area contributed by atoms with Crippen LogP contribution in [0.15, 0.2) is 0 Å². The Balaban J connectivity index is 2.53. The van der Waals surface area contributed by atoms with E-state index < -0.39 is 0 Å². The number of likely N-dealkylation sites (tertiary alicyclic amines) is 1. The molecule has 4 atom stereocenters. The summed E-state index contributed by atoms with van der Waals surface area (Å²) >= 11 is 0. The van der Waals surface area contributed by atoms with Crippen LogP contribution >= 0.6 is 0 Å². The van der Waals surface area contributed by atoms with Crippen LogP contribution in [0.3, 0.4) is 0 Å². The Labute approximate surface area is 121 Å². The zero-order chi connectivity index (χ0) is 14.6. The maximum atomic E-state index is 3.67. The minimum Gasteiger partial charge on any atom is -0.314 e. The molecule has 2 heteroatoms. The summed E-state index contributed by atoms with van der Waals surface area (Å²) in [5.41, 5.74) is 0.353. The molecule has 1 saturated heterocycles. The lowest BCUT2D eigenvalue weighted by Crippen LogP contribution is -2.49. The van der Waals surface area contributed by atoms with E-state index in [1.54, 1.807) is 0 Å². The first-order valence-electron chi connectivity index (χ1n) is 8.23. The third-order valence-corrected chi connectivity index (χ3v) is 4.92. The molecule has 1 aliphatic heterocycles. The summed E-state index contributed by atoms with van der Waals surface area (Å²) < 4.78 is 0. The van der Waals surface area contributed by atoms with Crippen molar-refractivity contribution in [3.63, 3.8) is 0 Å². The quantitative estimate of drug-likeness (QED) is 0.816. The average Bonchev–Trinajstić information content (AvgIpc) is 2.28. The van der Waals surface area contributed by atoms with Crippen molar-refractivity contribution in [2.24, 2.45) is 17.3 Å². The first kappa shape index (κ1) is 17.0. The van der Waals surface area contributed by atoms with Crippen molar-refractivity contribution in [1.29, 1.82) is 0 Å². The largest absolute Gasteiger partial charge is 0.314 e.